The van der Waals surface area contributed by atoms with Crippen molar-refractivity contribution in [3.63, 3.8) is 0 Å². The van der Waals surface area contributed by atoms with Crippen molar-refractivity contribution in [1.82, 2.24) is 15.8 Å². The smallest absolute Gasteiger partial charge is 0.336 e. The molecule has 0 spiro atoms. The Morgan fingerprint density at radius 2 is 1.86 bits per heavy atom. The fourth-order valence-electron chi connectivity index (χ4n) is 3.07. The first-order valence-corrected chi connectivity index (χ1v) is 9.95. The van der Waals surface area contributed by atoms with Gasteiger partial charge in [0.25, 0.3) is 0 Å². The van der Waals surface area contributed by atoms with Gasteiger partial charge < -0.3 is 9.64 Å². The van der Waals surface area contributed by atoms with Crippen LogP contribution < -0.4 is 10.9 Å². The average Bonchev–Trinajstić information content (AvgIpc) is 2.72. The minimum absolute atomic E-state index is 0.200. The van der Waals surface area contributed by atoms with Gasteiger partial charge in [-0.3, -0.25) is 10.2 Å². The standard InChI is InChI=1S/C21H24BrN3O3/c1-21(2,16-8-4-3-5-9-16)19(26)23-24-20(27)25-11-12-28-18(14-25)15-7-6-10-17(22)13-15/h3-10,13,18H,11-12,14H2,1-2H3,(H,23,26)(H,24,27). The van der Waals surface area contributed by atoms with Crippen molar-refractivity contribution in [3.8, 4) is 0 Å². The summed E-state index contributed by atoms with van der Waals surface area (Å²) in [7, 11) is 0. The Labute approximate surface area is 173 Å². The lowest BCUT2D eigenvalue weighted by atomic mass is 9.84. The zero-order valence-electron chi connectivity index (χ0n) is 15.9. The first-order valence-electron chi connectivity index (χ1n) is 9.16. The first kappa shape index (κ1) is 20.4. The quantitative estimate of drug-likeness (QED) is 0.709. The molecule has 0 aliphatic carbocycles. The summed E-state index contributed by atoms with van der Waals surface area (Å²) < 4.78 is 6.77. The molecule has 1 aliphatic rings. The van der Waals surface area contributed by atoms with E-state index in [1.54, 1.807) is 4.90 Å². The highest BCUT2D eigenvalue weighted by Gasteiger charge is 2.31. The third-order valence-electron chi connectivity index (χ3n) is 4.92. The molecule has 1 heterocycles. The highest BCUT2D eigenvalue weighted by atomic mass is 79.9. The molecule has 0 aromatic heterocycles. The Bertz CT molecular complexity index is 842. The lowest BCUT2D eigenvalue weighted by molar-refractivity contribution is -0.126. The maximum absolute atomic E-state index is 12.6. The second-order valence-corrected chi connectivity index (χ2v) is 8.15. The van der Waals surface area contributed by atoms with Gasteiger partial charge in [-0.2, -0.15) is 0 Å². The van der Waals surface area contributed by atoms with E-state index in [1.807, 2.05) is 68.4 Å². The van der Waals surface area contributed by atoms with Gasteiger partial charge in [0, 0.05) is 11.0 Å². The van der Waals surface area contributed by atoms with Crippen LogP contribution in [0.2, 0.25) is 0 Å². The minimum atomic E-state index is -0.765. The number of carbonyl (C=O) groups excluding carboxylic acids is 2. The van der Waals surface area contributed by atoms with Crippen LogP contribution in [0.25, 0.3) is 0 Å². The van der Waals surface area contributed by atoms with Crippen LogP contribution in [0.5, 0.6) is 0 Å². The number of ether oxygens (including phenoxy) is 1. The van der Waals surface area contributed by atoms with Crippen molar-refractivity contribution in [1.29, 1.82) is 0 Å². The highest BCUT2D eigenvalue weighted by Crippen LogP contribution is 2.25. The van der Waals surface area contributed by atoms with E-state index in [9.17, 15) is 9.59 Å². The molecule has 2 N–H and O–H groups in total. The molecular formula is C21H24BrN3O3. The van der Waals surface area contributed by atoms with Crippen LogP contribution in [0.3, 0.4) is 0 Å². The van der Waals surface area contributed by atoms with Crippen LogP contribution in [0.15, 0.2) is 59.1 Å². The molecule has 28 heavy (non-hydrogen) atoms. The zero-order chi connectivity index (χ0) is 20.1. The van der Waals surface area contributed by atoms with Crippen molar-refractivity contribution < 1.29 is 14.3 Å². The molecule has 1 atom stereocenters. The summed E-state index contributed by atoms with van der Waals surface area (Å²) in [5, 5.41) is 0. The summed E-state index contributed by atoms with van der Waals surface area (Å²) in [6, 6.07) is 17.0. The number of nitrogens with one attached hydrogen (secondary N) is 2. The summed E-state index contributed by atoms with van der Waals surface area (Å²) in [6.45, 7) is 4.96. The number of rotatable bonds is 3. The normalized spacial score (nSPS) is 17.1. The summed E-state index contributed by atoms with van der Waals surface area (Å²) in [5.41, 5.74) is 6.20. The van der Waals surface area contributed by atoms with Crippen LogP contribution in [-0.4, -0.2) is 36.5 Å². The largest absolute Gasteiger partial charge is 0.370 e. The molecule has 148 valence electrons. The SMILES string of the molecule is CC(C)(C(=O)NNC(=O)N1CCOC(c2cccc(Br)c2)C1)c1ccccc1. The number of morpholine rings is 1. The maximum atomic E-state index is 12.6. The molecular weight excluding hydrogens is 422 g/mol. The lowest BCUT2D eigenvalue weighted by Crippen LogP contribution is -2.55. The van der Waals surface area contributed by atoms with Crippen molar-refractivity contribution in [2.24, 2.45) is 0 Å². The number of hydrazine groups is 1. The van der Waals surface area contributed by atoms with E-state index in [0.29, 0.717) is 19.7 Å². The Balaban J connectivity index is 1.58. The molecule has 1 unspecified atom stereocenters. The molecule has 0 bridgehead atoms. The number of hydrogen-bond acceptors (Lipinski definition) is 3. The molecule has 2 aromatic carbocycles. The summed E-state index contributed by atoms with van der Waals surface area (Å²) in [4.78, 5) is 26.8. The lowest BCUT2D eigenvalue weighted by Gasteiger charge is -2.33. The van der Waals surface area contributed by atoms with E-state index in [0.717, 1.165) is 15.6 Å². The fourth-order valence-corrected chi connectivity index (χ4v) is 3.49. The predicted molar refractivity (Wildman–Crippen MR) is 111 cm³/mol. The second-order valence-electron chi connectivity index (χ2n) is 7.24. The van der Waals surface area contributed by atoms with Gasteiger partial charge in [0.15, 0.2) is 0 Å². The van der Waals surface area contributed by atoms with Crippen LogP contribution in [0.4, 0.5) is 4.79 Å². The monoisotopic (exact) mass is 445 g/mol. The average molecular weight is 446 g/mol. The van der Waals surface area contributed by atoms with Crippen molar-refractivity contribution in [2.45, 2.75) is 25.4 Å². The van der Waals surface area contributed by atoms with E-state index < -0.39 is 5.41 Å². The molecule has 3 amide bonds. The Morgan fingerprint density at radius 1 is 1.11 bits per heavy atom. The second kappa shape index (κ2) is 8.75. The van der Waals surface area contributed by atoms with E-state index in [-0.39, 0.29) is 18.0 Å². The molecule has 1 aliphatic heterocycles. The number of carbonyl (C=O) groups is 2. The third kappa shape index (κ3) is 4.72. The van der Waals surface area contributed by atoms with Gasteiger partial charge in [-0.05, 0) is 37.1 Å². The minimum Gasteiger partial charge on any atom is -0.370 e. The van der Waals surface area contributed by atoms with Gasteiger partial charge >= 0.3 is 6.03 Å². The Morgan fingerprint density at radius 3 is 2.57 bits per heavy atom. The van der Waals surface area contributed by atoms with Gasteiger partial charge in [0.05, 0.1) is 18.6 Å². The van der Waals surface area contributed by atoms with E-state index >= 15 is 0 Å². The number of halogens is 1. The van der Waals surface area contributed by atoms with Crippen LogP contribution in [0, 0.1) is 0 Å². The molecule has 3 rings (SSSR count). The highest BCUT2D eigenvalue weighted by molar-refractivity contribution is 9.10. The predicted octanol–water partition coefficient (Wildman–Crippen LogP) is 3.54. The number of hydrogen-bond donors (Lipinski definition) is 2. The molecule has 0 radical (unpaired) electrons. The molecule has 2 aromatic rings. The Kier molecular flexibility index (Phi) is 6.36. The van der Waals surface area contributed by atoms with Gasteiger partial charge in [-0.25, -0.2) is 10.2 Å². The molecule has 7 heteroatoms. The topological polar surface area (TPSA) is 70.7 Å². The van der Waals surface area contributed by atoms with Crippen molar-refractivity contribution in [2.75, 3.05) is 19.7 Å². The first-order chi connectivity index (χ1) is 13.4. The number of amides is 3. The summed E-state index contributed by atoms with van der Waals surface area (Å²) >= 11 is 3.46. The number of nitrogens with zero attached hydrogens (tertiary/aromatic N) is 1. The Hall–Kier alpha value is -2.38. The van der Waals surface area contributed by atoms with Gasteiger partial charge in [0.2, 0.25) is 5.91 Å². The summed E-state index contributed by atoms with van der Waals surface area (Å²) in [6.07, 6.45) is -0.200. The molecule has 1 saturated heterocycles. The molecule has 1 fully saturated rings. The van der Waals surface area contributed by atoms with Crippen molar-refractivity contribution >= 4 is 27.9 Å². The molecule has 6 nitrogen and oxygen atoms in total. The van der Waals surface area contributed by atoms with E-state index in [4.69, 9.17) is 4.74 Å². The summed E-state index contributed by atoms with van der Waals surface area (Å²) in [5.74, 6) is -0.274. The fraction of sp³-hybridized carbons (Fsp3) is 0.333. The van der Waals surface area contributed by atoms with Gasteiger partial charge in [-0.15, -0.1) is 0 Å². The van der Waals surface area contributed by atoms with Crippen LogP contribution >= 0.6 is 15.9 Å². The number of urea groups is 1. The van der Waals surface area contributed by atoms with Gasteiger partial charge in [0.1, 0.15) is 6.10 Å². The molecule has 0 saturated carbocycles. The van der Waals surface area contributed by atoms with Gasteiger partial charge in [-0.1, -0.05) is 58.4 Å². The zero-order valence-corrected chi connectivity index (χ0v) is 17.5. The van der Waals surface area contributed by atoms with Crippen LogP contribution in [0.1, 0.15) is 31.1 Å². The van der Waals surface area contributed by atoms with E-state index in [1.165, 1.54) is 0 Å². The number of benzene rings is 2. The van der Waals surface area contributed by atoms with Crippen LogP contribution in [-0.2, 0) is 14.9 Å². The maximum Gasteiger partial charge on any atom is 0.336 e. The van der Waals surface area contributed by atoms with Crippen molar-refractivity contribution in [3.05, 3.63) is 70.2 Å². The van der Waals surface area contributed by atoms with E-state index in [2.05, 4.69) is 26.8 Å². The third-order valence-corrected chi connectivity index (χ3v) is 5.41.